The highest BCUT2D eigenvalue weighted by atomic mass is 28.3. The van der Waals surface area contributed by atoms with Crippen molar-refractivity contribution in [2.24, 2.45) is 0 Å². The molecule has 228 valence electrons. The van der Waals surface area contributed by atoms with E-state index >= 15 is 0 Å². The smallest absolute Gasteiger partial charge is 0.113 e. The van der Waals surface area contributed by atoms with E-state index in [4.69, 9.17) is 0 Å². The average Bonchev–Trinajstić information content (AvgIpc) is 3.37. The van der Waals surface area contributed by atoms with Crippen molar-refractivity contribution in [3.05, 3.63) is 176 Å². The third kappa shape index (κ3) is 4.68. The molecule has 0 radical (unpaired) electrons. The molecular weight excluding hydrogens is 595 g/mol. The van der Waals surface area contributed by atoms with Gasteiger partial charge in [-0.25, -0.2) is 0 Å². The van der Waals surface area contributed by atoms with E-state index in [-0.39, 0.29) is 0 Å². The number of anilines is 3. The van der Waals surface area contributed by atoms with E-state index in [1.165, 1.54) is 71.0 Å². The van der Waals surface area contributed by atoms with E-state index < -0.39 is 8.07 Å². The van der Waals surface area contributed by atoms with Gasteiger partial charge in [-0.15, -0.1) is 0 Å². The van der Waals surface area contributed by atoms with Crippen molar-refractivity contribution in [1.29, 1.82) is 0 Å². The van der Waals surface area contributed by atoms with Crippen LogP contribution in [0.4, 0.5) is 17.1 Å². The SMILES string of the molecule is C[Si]1(C)c2cc(-c3ccc4ccc5ccccc5c4c3)ccc2-c2ccc(N(c3ccccc3)c3ccc(-c4ccccc4)cc3)cc21. The average molecular weight is 630 g/mol. The predicted molar refractivity (Wildman–Crippen MR) is 209 cm³/mol. The highest BCUT2D eigenvalue weighted by Gasteiger charge is 2.38. The van der Waals surface area contributed by atoms with Gasteiger partial charge in [-0.3, -0.25) is 0 Å². The molecule has 0 aliphatic carbocycles. The van der Waals surface area contributed by atoms with E-state index in [1.54, 1.807) is 0 Å². The van der Waals surface area contributed by atoms with Crippen molar-refractivity contribution in [1.82, 2.24) is 0 Å². The zero-order chi connectivity index (χ0) is 32.2. The first-order valence-electron chi connectivity index (χ1n) is 16.8. The van der Waals surface area contributed by atoms with Gasteiger partial charge < -0.3 is 4.90 Å². The fourth-order valence-electron chi connectivity index (χ4n) is 7.68. The third-order valence-electron chi connectivity index (χ3n) is 10.2. The normalized spacial score (nSPS) is 13.0. The molecule has 0 N–H and O–H groups in total. The maximum absolute atomic E-state index is 2.51. The Kier molecular flexibility index (Phi) is 6.67. The number of fused-ring (bicyclic) bond motifs is 6. The van der Waals surface area contributed by atoms with E-state index in [1.807, 2.05) is 0 Å². The molecule has 8 aromatic carbocycles. The monoisotopic (exact) mass is 629 g/mol. The van der Waals surface area contributed by atoms with Gasteiger partial charge in [-0.1, -0.05) is 147 Å². The number of rotatable bonds is 5. The lowest BCUT2D eigenvalue weighted by atomic mass is 9.96. The standard InChI is InChI=1S/C46H35NSi/c1-48(2)45-30-37(36-20-19-35-18-17-34-13-9-10-16-41(34)44(35)29-36)23-27-42(45)43-28-26-40(31-46(43)48)47(38-14-7-4-8-15-38)39-24-21-33(22-25-39)32-11-5-3-6-12-32/h3-31H,1-2H3. The molecule has 1 nitrogen and oxygen atoms in total. The largest absolute Gasteiger partial charge is 0.311 e. The van der Waals surface area contributed by atoms with E-state index in [0.717, 1.165) is 11.4 Å². The molecule has 0 fully saturated rings. The van der Waals surface area contributed by atoms with Crippen molar-refractivity contribution < 1.29 is 0 Å². The fraction of sp³-hybridized carbons (Fsp3) is 0.0435. The van der Waals surface area contributed by atoms with Crippen molar-refractivity contribution in [2.75, 3.05) is 4.90 Å². The van der Waals surface area contributed by atoms with Crippen molar-refractivity contribution in [3.8, 4) is 33.4 Å². The van der Waals surface area contributed by atoms with Gasteiger partial charge in [0.1, 0.15) is 8.07 Å². The molecule has 2 heteroatoms. The summed E-state index contributed by atoms with van der Waals surface area (Å²) in [7, 11) is -2.00. The second-order valence-electron chi connectivity index (χ2n) is 13.4. The summed E-state index contributed by atoms with van der Waals surface area (Å²) in [4.78, 5) is 2.40. The van der Waals surface area contributed by atoms with Crippen LogP contribution in [0, 0.1) is 0 Å². The van der Waals surface area contributed by atoms with Crippen LogP contribution < -0.4 is 15.3 Å². The van der Waals surface area contributed by atoms with Gasteiger partial charge in [0.05, 0.1) is 0 Å². The fourth-order valence-corrected chi connectivity index (χ4v) is 10.8. The van der Waals surface area contributed by atoms with Gasteiger partial charge in [0.2, 0.25) is 0 Å². The minimum atomic E-state index is -2.00. The van der Waals surface area contributed by atoms with Gasteiger partial charge >= 0.3 is 0 Å². The summed E-state index contributed by atoms with van der Waals surface area (Å²) in [5, 5.41) is 8.21. The Morgan fingerprint density at radius 1 is 0.354 bits per heavy atom. The first-order chi connectivity index (χ1) is 23.5. The maximum Gasteiger partial charge on any atom is 0.113 e. The first-order valence-corrected chi connectivity index (χ1v) is 19.8. The highest BCUT2D eigenvalue weighted by molar-refractivity contribution is 7.03. The molecule has 0 saturated carbocycles. The van der Waals surface area contributed by atoms with Crippen LogP contribution >= 0.6 is 0 Å². The summed E-state index contributed by atoms with van der Waals surface area (Å²) >= 11 is 0. The molecule has 0 atom stereocenters. The molecule has 0 aromatic heterocycles. The van der Waals surface area contributed by atoms with E-state index in [9.17, 15) is 0 Å². The second kappa shape index (κ2) is 11.2. The van der Waals surface area contributed by atoms with Gasteiger partial charge in [-0.05, 0) is 108 Å². The van der Waals surface area contributed by atoms with Crippen LogP contribution in [0.1, 0.15) is 0 Å². The van der Waals surface area contributed by atoms with E-state index in [0.29, 0.717) is 0 Å². The summed E-state index contributed by atoms with van der Waals surface area (Å²) < 4.78 is 0. The summed E-state index contributed by atoms with van der Waals surface area (Å²) in [5.41, 5.74) is 11.3. The Morgan fingerprint density at radius 3 is 1.62 bits per heavy atom. The Balaban J connectivity index is 1.12. The van der Waals surface area contributed by atoms with Crippen molar-refractivity contribution in [2.45, 2.75) is 13.1 Å². The van der Waals surface area contributed by atoms with Gasteiger partial charge in [-0.2, -0.15) is 0 Å². The number of hydrogen-bond donors (Lipinski definition) is 0. The number of nitrogens with zero attached hydrogens (tertiary/aromatic N) is 1. The quantitative estimate of drug-likeness (QED) is 0.135. The molecule has 9 rings (SSSR count). The molecule has 1 aliphatic rings. The Morgan fingerprint density at radius 2 is 0.854 bits per heavy atom. The zero-order valence-corrected chi connectivity index (χ0v) is 28.2. The van der Waals surface area contributed by atoms with Crippen molar-refractivity contribution in [3.63, 3.8) is 0 Å². The van der Waals surface area contributed by atoms with Gasteiger partial charge in [0.15, 0.2) is 0 Å². The van der Waals surface area contributed by atoms with Crippen LogP contribution in [0.25, 0.3) is 54.9 Å². The number of benzene rings is 8. The minimum Gasteiger partial charge on any atom is -0.311 e. The molecule has 0 amide bonds. The lowest BCUT2D eigenvalue weighted by Crippen LogP contribution is -2.49. The minimum absolute atomic E-state index is 1.15. The highest BCUT2D eigenvalue weighted by Crippen LogP contribution is 2.39. The van der Waals surface area contributed by atoms with Crippen LogP contribution in [-0.4, -0.2) is 8.07 Å². The zero-order valence-electron chi connectivity index (χ0n) is 27.2. The predicted octanol–water partition coefficient (Wildman–Crippen LogP) is 11.6. The topological polar surface area (TPSA) is 3.24 Å². The summed E-state index contributed by atoms with van der Waals surface area (Å²) in [6.07, 6.45) is 0. The lowest BCUT2D eigenvalue weighted by molar-refractivity contribution is 1.29. The maximum atomic E-state index is 2.51. The van der Waals surface area contributed by atoms with Crippen LogP contribution in [0.2, 0.25) is 13.1 Å². The molecule has 48 heavy (non-hydrogen) atoms. The Labute approximate surface area is 283 Å². The number of para-hydroxylation sites is 1. The van der Waals surface area contributed by atoms with E-state index in [2.05, 4.69) is 194 Å². The Bertz CT molecular complexity index is 2460. The number of hydrogen-bond acceptors (Lipinski definition) is 1. The summed E-state index contributed by atoms with van der Waals surface area (Å²) in [5.74, 6) is 0. The molecule has 0 saturated heterocycles. The summed E-state index contributed by atoms with van der Waals surface area (Å²) in [6.45, 7) is 5.03. The van der Waals surface area contributed by atoms with Gasteiger partial charge in [0.25, 0.3) is 0 Å². The van der Waals surface area contributed by atoms with Crippen LogP contribution in [0.3, 0.4) is 0 Å². The Hall–Kier alpha value is -5.70. The van der Waals surface area contributed by atoms with Crippen molar-refractivity contribution >= 4 is 57.1 Å². The molecule has 0 bridgehead atoms. The van der Waals surface area contributed by atoms with Crippen LogP contribution in [0.15, 0.2) is 176 Å². The third-order valence-corrected chi connectivity index (χ3v) is 13.8. The second-order valence-corrected chi connectivity index (χ2v) is 17.7. The van der Waals surface area contributed by atoms with Gasteiger partial charge in [0, 0.05) is 17.1 Å². The lowest BCUT2D eigenvalue weighted by Gasteiger charge is -2.27. The molecule has 1 aliphatic heterocycles. The molecule has 0 unspecified atom stereocenters. The molecular formula is C46H35NSi. The molecule has 1 heterocycles. The first kappa shape index (κ1) is 28.5. The molecule has 0 spiro atoms. The molecule has 8 aromatic rings. The summed E-state index contributed by atoms with van der Waals surface area (Å²) in [6, 6.07) is 64.8. The van der Waals surface area contributed by atoms with Crippen LogP contribution in [-0.2, 0) is 0 Å². The van der Waals surface area contributed by atoms with Crippen LogP contribution in [0.5, 0.6) is 0 Å².